The normalized spacial score (nSPS) is 10.0. The lowest BCUT2D eigenvalue weighted by Gasteiger charge is -2.08. The number of aromatic nitrogens is 1. The lowest BCUT2D eigenvalue weighted by Crippen LogP contribution is -2.13. The highest BCUT2D eigenvalue weighted by Gasteiger charge is 2.11. The second kappa shape index (κ2) is 5.34. The average Bonchev–Trinajstić information content (AvgIpc) is 2.42. The fraction of sp³-hybridized carbons (Fsp3) is 0.0769. The Morgan fingerprint density at radius 1 is 1.42 bits per heavy atom. The number of nitrogens with one attached hydrogen (secondary N) is 1. The van der Waals surface area contributed by atoms with Gasteiger partial charge in [-0.25, -0.2) is 4.39 Å². The summed E-state index contributed by atoms with van der Waals surface area (Å²) in [5.74, 6) is -0.922. The van der Waals surface area contributed by atoms with Gasteiger partial charge in [0.15, 0.2) is 11.6 Å². The van der Waals surface area contributed by atoms with Gasteiger partial charge in [-0.15, -0.1) is 0 Å². The van der Waals surface area contributed by atoms with Gasteiger partial charge in [0.05, 0.1) is 24.7 Å². The number of nitrogens with two attached hydrogens (primary N) is 1. The van der Waals surface area contributed by atoms with Gasteiger partial charge >= 0.3 is 0 Å². The smallest absolute Gasteiger partial charge is 0.255 e. The van der Waals surface area contributed by atoms with Crippen molar-refractivity contribution in [2.24, 2.45) is 0 Å². The van der Waals surface area contributed by atoms with Crippen molar-refractivity contribution in [2.45, 2.75) is 0 Å². The van der Waals surface area contributed by atoms with E-state index in [0.29, 0.717) is 11.4 Å². The van der Waals surface area contributed by atoms with E-state index in [1.807, 2.05) is 0 Å². The molecule has 1 aromatic heterocycles. The van der Waals surface area contributed by atoms with Crippen molar-refractivity contribution in [3.63, 3.8) is 0 Å². The van der Waals surface area contributed by atoms with Crippen molar-refractivity contribution in [1.82, 2.24) is 4.98 Å². The van der Waals surface area contributed by atoms with Crippen LogP contribution < -0.4 is 15.8 Å². The van der Waals surface area contributed by atoms with Crippen molar-refractivity contribution in [2.75, 3.05) is 18.2 Å². The molecule has 0 aliphatic carbocycles. The summed E-state index contributed by atoms with van der Waals surface area (Å²) in [5.41, 5.74) is 6.74. The summed E-state index contributed by atoms with van der Waals surface area (Å²) in [5, 5.41) is 2.62. The number of benzene rings is 1. The number of nitrogen functional groups attached to an aromatic ring is 1. The zero-order chi connectivity index (χ0) is 13.8. The molecule has 6 heteroatoms. The number of amides is 1. The molecule has 0 atom stereocenters. The monoisotopic (exact) mass is 261 g/mol. The molecule has 0 spiro atoms. The Bertz CT molecular complexity index is 617. The molecule has 0 unspecified atom stereocenters. The van der Waals surface area contributed by atoms with Crippen LogP contribution in [0.15, 0.2) is 36.7 Å². The third kappa shape index (κ3) is 2.79. The molecule has 1 heterocycles. The number of hydrogen-bond donors (Lipinski definition) is 2. The number of carbonyl (C=O) groups is 1. The summed E-state index contributed by atoms with van der Waals surface area (Å²) in [6.07, 6.45) is 2.94. The Hall–Kier alpha value is -2.63. The minimum atomic E-state index is -0.525. The zero-order valence-electron chi connectivity index (χ0n) is 10.2. The maximum atomic E-state index is 13.2. The molecule has 0 saturated carbocycles. The maximum absolute atomic E-state index is 13.2. The molecule has 1 amide bonds. The van der Waals surface area contributed by atoms with Gasteiger partial charge in [-0.1, -0.05) is 0 Å². The van der Waals surface area contributed by atoms with E-state index < -0.39 is 11.7 Å². The van der Waals surface area contributed by atoms with Crippen molar-refractivity contribution in [3.8, 4) is 5.75 Å². The van der Waals surface area contributed by atoms with E-state index >= 15 is 0 Å². The zero-order valence-corrected chi connectivity index (χ0v) is 10.2. The van der Waals surface area contributed by atoms with Crippen molar-refractivity contribution < 1.29 is 13.9 Å². The quantitative estimate of drug-likeness (QED) is 0.886. The van der Waals surface area contributed by atoms with Crippen LogP contribution in [0.2, 0.25) is 0 Å². The fourth-order valence-corrected chi connectivity index (χ4v) is 1.52. The van der Waals surface area contributed by atoms with Crippen molar-refractivity contribution >= 4 is 17.3 Å². The number of carbonyl (C=O) groups excluding carboxylic acids is 1. The Balaban J connectivity index is 2.23. The van der Waals surface area contributed by atoms with Crippen molar-refractivity contribution in [3.05, 3.63) is 48.0 Å². The maximum Gasteiger partial charge on any atom is 0.255 e. The first-order valence-corrected chi connectivity index (χ1v) is 5.46. The summed E-state index contributed by atoms with van der Waals surface area (Å²) in [7, 11) is 1.33. The van der Waals surface area contributed by atoms with Crippen LogP contribution in [0.4, 0.5) is 15.8 Å². The molecule has 0 fully saturated rings. The van der Waals surface area contributed by atoms with Crippen LogP contribution in [0, 0.1) is 5.82 Å². The Labute approximate surface area is 109 Å². The highest BCUT2D eigenvalue weighted by molar-refractivity contribution is 6.05. The van der Waals surface area contributed by atoms with Crippen LogP contribution in [0.5, 0.6) is 5.75 Å². The van der Waals surface area contributed by atoms with Gasteiger partial charge in [-0.3, -0.25) is 9.78 Å². The number of nitrogens with zero attached hydrogens (tertiary/aromatic N) is 1. The topological polar surface area (TPSA) is 77.2 Å². The molecule has 5 nitrogen and oxygen atoms in total. The van der Waals surface area contributed by atoms with Gasteiger partial charge in [-0.05, 0) is 24.3 Å². The first kappa shape index (κ1) is 12.8. The highest BCUT2D eigenvalue weighted by Crippen LogP contribution is 2.20. The second-order valence-corrected chi connectivity index (χ2v) is 3.77. The first-order valence-electron chi connectivity index (χ1n) is 5.46. The summed E-state index contributed by atoms with van der Waals surface area (Å²) < 4.78 is 18.1. The van der Waals surface area contributed by atoms with Crippen LogP contribution in [0.3, 0.4) is 0 Å². The highest BCUT2D eigenvalue weighted by atomic mass is 19.1. The number of methoxy groups -OCH3 is 1. The summed E-state index contributed by atoms with van der Waals surface area (Å²) >= 11 is 0. The van der Waals surface area contributed by atoms with E-state index in [1.54, 1.807) is 6.07 Å². The molecular formula is C13H12FN3O2. The molecule has 2 rings (SSSR count). The predicted molar refractivity (Wildman–Crippen MR) is 69.6 cm³/mol. The van der Waals surface area contributed by atoms with Gasteiger partial charge in [0.1, 0.15) is 0 Å². The average molecular weight is 261 g/mol. The number of halogens is 1. The SMILES string of the molecule is COc1cc(C(=O)Nc2ccncc2N)ccc1F. The Morgan fingerprint density at radius 3 is 2.89 bits per heavy atom. The standard InChI is InChI=1S/C13H12FN3O2/c1-19-12-6-8(2-3-9(12)14)13(18)17-11-4-5-16-7-10(11)15/h2-7H,15H2,1H3,(H,16,17,18). The minimum absolute atomic E-state index is 0.00958. The van der Waals surface area contributed by atoms with E-state index in [4.69, 9.17) is 10.5 Å². The van der Waals surface area contributed by atoms with Crippen LogP contribution in [0.25, 0.3) is 0 Å². The van der Waals surface area contributed by atoms with Crippen molar-refractivity contribution in [1.29, 1.82) is 0 Å². The minimum Gasteiger partial charge on any atom is -0.494 e. The summed E-state index contributed by atoms with van der Waals surface area (Å²) in [6.45, 7) is 0. The molecule has 0 aliphatic heterocycles. The Kier molecular flexibility index (Phi) is 3.61. The Morgan fingerprint density at radius 2 is 2.21 bits per heavy atom. The molecule has 3 N–H and O–H groups in total. The molecule has 98 valence electrons. The molecule has 1 aromatic carbocycles. The van der Waals surface area contributed by atoms with Gasteiger partial charge in [0.2, 0.25) is 0 Å². The predicted octanol–water partition coefficient (Wildman–Crippen LogP) is 2.06. The van der Waals surface area contributed by atoms with E-state index in [1.165, 1.54) is 37.7 Å². The molecule has 0 aliphatic rings. The number of hydrogen-bond acceptors (Lipinski definition) is 4. The largest absolute Gasteiger partial charge is 0.494 e. The first-order chi connectivity index (χ1) is 9.11. The molecule has 19 heavy (non-hydrogen) atoms. The van der Waals surface area contributed by atoms with E-state index in [0.717, 1.165) is 0 Å². The third-order valence-electron chi connectivity index (χ3n) is 2.51. The second-order valence-electron chi connectivity index (χ2n) is 3.77. The van der Waals surface area contributed by atoms with E-state index in [2.05, 4.69) is 10.3 Å². The van der Waals surface area contributed by atoms with Crippen LogP contribution >= 0.6 is 0 Å². The van der Waals surface area contributed by atoms with Crippen LogP contribution in [-0.4, -0.2) is 18.0 Å². The van der Waals surface area contributed by atoms with Gasteiger partial charge in [0, 0.05) is 11.8 Å². The number of rotatable bonds is 3. The van der Waals surface area contributed by atoms with E-state index in [-0.39, 0.29) is 11.3 Å². The number of ether oxygens (including phenoxy) is 1. The fourth-order valence-electron chi connectivity index (χ4n) is 1.52. The lowest BCUT2D eigenvalue weighted by atomic mass is 10.2. The number of pyridine rings is 1. The third-order valence-corrected chi connectivity index (χ3v) is 2.51. The van der Waals surface area contributed by atoms with Gasteiger partial charge in [-0.2, -0.15) is 0 Å². The molecular weight excluding hydrogens is 249 g/mol. The van der Waals surface area contributed by atoms with Gasteiger partial charge < -0.3 is 15.8 Å². The van der Waals surface area contributed by atoms with E-state index in [9.17, 15) is 9.18 Å². The summed E-state index contributed by atoms with van der Waals surface area (Å²) in [6, 6.07) is 5.43. The summed E-state index contributed by atoms with van der Waals surface area (Å²) in [4.78, 5) is 15.8. The molecule has 2 aromatic rings. The van der Waals surface area contributed by atoms with Gasteiger partial charge in [0.25, 0.3) is 5.91 Å². The lowest BCUT2D eigenvalue weighted by molar-refractivity contribution is 0.102. The molecule has 0 bridgehead atoms. The molecule has 0 saturated heterocycles. The number of anilines is 2. The van der Waals surface area contributed by atoms with Crippen LogP contribution in [-0.2, 0) is 0 Å². The van der Waals surface area contributed by atoms with Crippen LogP contribution in [0.1, 0.15) is 10.4 Å². The molecule has 0 radical (unpaired) electrons.